The summed E-state index contributed by atoms with van der Waals surface area (Å²) in [4.78, 5) is 13.7. The van der Waals surface area contributed by atoms with Crippen LogP contribution in [-0.2, 0) is 4.79 Å². The predicted octanol–water partition coefficient (Wildman–Crippen LogP) is 1.74. The number of rotatable bonds is 2. The van der Waals surface area contributed by atoms with Gasteiger partial charge in [-0.1, -0.05) is 6.92 Å². The molecule has 18 heavy (non-hydrogen) atoms. The largest absolute Gasteiger partial charge is 0.463 e. The van der Waals surface area contributed by atoms with Crippen LogP contribution in [-0.4, -0.2) is 60.5 Å². The molecule has 1 amide bonds. The number of amides is 1. The average molecular weight is 274 g/mol. The van der Waals surface area contributed by atoms with Crippen molar-refractivity contribution < 1.29 is 26.7 Å². The van der Waals surface area contributed by atoms with E-state index in [2.05, 4.69) is 0 Å². The third kappa shape index (κ3) is 2.73. The van der Waals surface area contributed by atoms with Crippen LogP contribution >= 0.6 is 0 Å². The molecule has 0 aromatic carbocycles. The molecule has 1 saturated heterocycles. The van der Waals surface area contributed by atoms with Crippen LogP contribution in [0.5, 0.6) is 0 Å². The second-order valence-electron chi connectivity index (χ2n) is 4.37. The maximum absolute atomic E-state index is 12.9. The van der Waals surface area contributed by atoms with Gasteiger partial charge >= 0.3 is 18.0 Å². The highest BCUT2D eigenvalue weighted by molar-refractivity contribution is 5.84. The van der Waals surface area contributed by atoms with Crippen LogP contribution in [0.2, 0.25) is 0 Å². The van der Waals surface area contributed by atoms with Gasteiger partial charge in [0.1, 0.15) is 0 Å². The van der Waals surface area contributed by atoms with E-state index in [0.29, 0.717) is 11.3 Å². The molecule has 1 aliphatic rings. The van der Waals surface area contributed by atoms with Gasteiger partial charge in [0.2, 0.25) is 0 Å². The molecule has 0 aromatic rings. The minimum Gasteiger partial charge on any atom is -0.334 e. The molecule has 1 fully saturated rings. The zero-order valence-electron chi connectivity index (χ0n) is 10.1. The fraction of sp³-hybridized carbons (Fsp3) is 0.900. The van der Waals surface area contributed by atoms with Crippen molar-refractivity contribution in [3.05, 3.63) is 0 Å². The molecule has 0 spiro atoms. The van der Waals surface area contributed by atoms with Crippen molar-refractivity contribution in [1.82, 2.24) is 9.80 Å². The maximum atomic E-state index is 12.9. The van der Waals surface area contributed by atoms with Crippen LogP contribution in [0.4, 0.5) is 22.0 Å². The number of piperazine rings is 1. The van der Waals surface area contributed by atoms with E-state index in [-0.39, 0.29) is 25.7 Å². The highest BCUT2D eigenvalue weighted by Gasteiger charge is 2.64. The molecular weight excluding hydrogens is 259 g/mol. The lowest BCUT2D eigenvalue weighted by Crippen LogP contribution is -2.59. The summed E-state index contributed by atoms with van der Waals surface area (Å²) in [5.74, 6) is -7.46. The number of nitrogens with zero attached hydrogens (tertiary/aromatic N) is 2. The third-order valence-electron chi connectivity index (χ3n) is 3.16. The first-order chi connectivity index (χ1) is 8.11. The molecule has 106 valence electrons. The van der Waals surface area contributed by atoms with E-state index in [1.165, 1.54) is 0 Å². The Morgan fingerprint density at radius 3 is 2.22 bits per heavy atom. The molecule has 3 nitrogen and oxygen atoms in total. The molecule has 1 unspecified atom stereocenters. The molecule has 0 aliphatic carbocycles. The molecule has 8 heteroatoms. The van der Waals surface area contributed by atoms with Crippen molar-refractivity contribution >= 4 is 5.91 Å². The lowest BCUT2D eigenvalue weighted by Gasteiger charge is -2.40. The van der Waals surface area contributed by atoms with E-state index in [1.54, 1.807) is 14.0 Å². The second kappa shape index (κ2) is 4.99. The molecule has 0 N–H and O–H groups in total. The molecule has 0 radical (unpaired) electrons. The molecule has 0 saturated carbocycles. The first kappa shape index (κ1) is 15.1. The lowest BCUT2D eigenvalue weighted by molar-refractivity contribution is -0.275. The van der Waals surface area contributed by atoms with Crippen LogP contribution < -0.4 is 0 Å². The van der Waals surface area contributed by atoms with Gasteiger partial charge in [-0.3, -0.25) is 9.69 Å². The molecular formula is C10H15F5N2O. The SMILES string of the molecule is CCC1CN(C(=O)C(F)(F)C(F)(F)F)CCN1C. The van der Waals surface area contributed by atoms with Crippen molar-refractivity contribution in [3.8, 4) is 0 Å². The molecule has 0 bridgehead atoms. The highest BCUT2D eigenvalue weighted by atomic mass is 19.4. The topological polar surface area (TPSA) is 23.6 Å². The van der Waals surface area contributed by atoms with E-state index in [0.717, 1.165) is 0 Å². The van der Waals surface area contributed by atoms with Gasteiger partial charge in [0, 0.05) is 25.7 Å². The van der Waals surface area contributed by atoms with Crippen molar-refractivity contribution in [2.75, 3.05) is 26.7 Å². The standard InChI is InChI=1S/C10H15F5N2O/c1-3-7-6-17(5-4-16(7)2)8(18)9(11,12)10(13,14)15/h7H,3-6H2,1-2H3. The van der Waals surface area contributed by atoms with Crippen molar-refractivity contribution in [2.24, 2.45) is 0 Å². The fourth-order valence-electron chi connectivity index (χ4n) is 1.89. The zero-order chi connectivity index (χ0) is 14.1. The van der Waals surface area contributed by atoms with Crippen molar-refractivity contribution in [3.63, 3.8) is 0 Å². The summed E-state index contributed by atoms with van der Waals surface area (Å²) in [6.45, 7) is 1.87. The first-order valence-electron chi connectivity index (χ1n) is 5.55. The monoisotopic (exact) mass is 274 g/mol. The Morgan fingerprint density at radius 1 is 1.22 bits per heavy atom. The van der Waals surface area contributed by atoms with Crippen LogP contribution in [0.25, 0.3) is 0 Å². The summed E-state index contributed by atoms with van der Waals surface area (Å²) in [6, 6.07) is -0.188. The maximum Gasteiger partial charge on any atom is 0.463 e. The van der Waals surface area contributed by atoms with Gasteiger partial charge < -0.3 is 4.90 Å². The number of likely N-dealkylation sites (N-methyl/N-ethyl adjacent to an activating group) is 1. The Balaban J connectivity index is 2.80. The van der Waals surface area contributed by atoms with E-state index in [4.69, 9.17) is 0 Å². The number of carbonyl (C=O) groups excluding carboxylic acids is 1. The molecule has 0 aromatic heterocycles. The van der Waals surface area contributed by atoms with Crippen LogP contribution in [0.1, 0.15) is 13.3 Å². The summed E-state index contributed by atoms with van der Waals surface area (Å²) >= 11 is 0. The molecule has 1 rings (SSSR count). The number of alkyl halides is 5. The van der Waals surface area contributed by atoms with Gasteiger partial charge in [-0.05, 0) is 13.5 Å². The zero-order valence-corrected chi connectivity index (χ0v) is 10.1. The van der Waals surface area contributed by atoms with E-state index >= 15 is 0 Å². The summed E-state index contributed by atoms with van der Waals surface area (Å²) < 4.78 is 62.1. The summed E-state index contributed by atoms with van der Waals surface area (Å²) in [5.41, 5.74) is 0. The molecule has 1 aliphatic heterocycles. The smallest absolute Gasteiger partial charge is 0.334 e. The fourth-order valence-corrected chi connectivity index (χ4v) is 1.89. The minimum absolute atomic E-state index is 0.0997. The Morgan fingerprint density at radius 2 is 1.78 bits per heavy atom. The average Bonchev–Trinajstić information content (AvgIpc) is 2.27. The molecule has 1 heterocycles. The second-order valence-corrected chi connectivity index (χ2v) is 4.37. The van der Waals surface area contributed by atoms with E-state index < -0.39 is 18.0 Å². The Labute approximate surface area is 102 Å². The highest BCUT2D eigenvalue weighted by Crippen LogP contribution is 2.37. The number of hydrogen-bond acceptors (Lipinski definition) is 2. The Kier molecular flexibility index (Phi) is 4.19. The summed E-state index contributed by atoms with van der Waals surface area (Å²) in [5, 5.41) is 0. The Bertz CT molecular complexity index is 318. The molecule has 1 atom stereocenters. The van der Waals surface area contributed by atoms with Crippen molar-refractivity contribution in [2.45, 2.75) is 31.5 Å². The number of hydrogen-bond donors (Lipinski definition) is 0. The van der Waals surface area contributed by atoms with Gasteiger partial charge in [-0.2, -0.15) is 22.0 Å². The quantitative estimate of drug-likeness (QED) is 0.716. The predicted molar refractivity (Wildman–Crippen MR) is 54.3 cm³/mol. The third-order valence-corrected chi connectivity index (χ3v) is 3.16. The normalized spacial score (nSPS) is 23.3. The van der Waals surface area contributed by atoms with Crippen LogP contribution in [0.15, 0.2) is 0 Å². The minimum atomic E-state index is -5.84. The summed E-state index contributed by atoms with van der Waals surface area (Å²) in [6.07, 6.45) is -5.26. The Hall–Kier alpha value is -0.920. The van der Waals surface area contributed by atoms with Crippen molar-refractivity contribution in [1.29, 1.82) is 0 Å². The van der Waals surface area contributed by atoms with Gasteiger partial charge in [-0.25, -0.2) is 0 Å². The van der Waals surface area contributed by atoms with Crippen LogP contribution in [0, 0.1) is 0 Å². The van der Waals surface area contributed by atoms with Gasteiger partial charge in [0.25, 0.3) is 0 Å². The van der Waals surface area contributed by atoms with Gasteiger partial charge in [-0.15, -0.1) is 0 Å². The number of halogens is 5. The lowest BCUT2D eigenvalue weighted by atomic mass is 10.1. The first-order valence-corrected chi connectivity index (χ1v) is 5.55. The number of carbonyl (C=O) groups is 1. The van der Waals surface area contributed by atoms with Crippen LogP contribution in [0.3, 0.4) is 0 Å². The van der Waals surface area contributed by atoms with E-state index in [1.807, 2.05) is 4.90 Å². The van der Waals surface area contributed by atoms with Gasteiger partial charge in [0.15, 0.2) is 0 Å². The van der Waals surface area contributed by atoms with E-state index in [9.17, 15) is 26.7 Å². The summed E-state index contributed by atoms with van der Waals surface area (Å²) in [7, 11) is 1.75. The van der Waals surface area contributed by atoms with Gasteiger partial charge in [0.05, 0.1) is 0 Å².